The van der Waals surface area contributed by atoms with Gasteiger partial charge in [-0.3, -0.25) is 14.6 Å². The number of nitrogens with zero attached hydrogens (tertiary/aromatic N) is 3. The number of piperazine rings is 1. The maximum atomic E-state index is 12.7. The third-order valence-electron chi connectivity index (χ3n) is 3.89. The van der Waals surface area contributed by atoms with Gasteiger partial charge in [0.15, 0.2) is 0 Å². The molecule has 1 fully saturated rings. The van der Waals surface area contributed by atoms with E-state index in [1.807, 2.05) is 17.0 Å². The van der Waals surface area contributed by atoms with Gasteiger partial charge in [0, 0.05) is 48.8 Å². The second-order valence-corrected chi connectivity index (χ2v) is 6.32. The molecule has 23 heavy (non-hydrogen) atoms. The molecule has 2 aromatic heterocycles. The van der Waals surface area contributed by atoms with Gasteiger partial charge in [0.1, 0.15) is 6.54 Å². The quantitative estimate of drug-likeness (QED) is 0.873. The van der Waals surface area contributed by atoms with Crippen molar-refractivity contribution in [3.63, 3.8) is 0 Å². The minimum atomic E-state index is -0.186. The van der Waals surface area contributed by atoms with E-state index in [1.165, 1.54) is 10.6 Å². The highest BCUT2D eigenvalue weighted by Crippen LogP contribution is 2.21. The molecule has 7 heteroatoms. The monoisotopic (exact) mass is 376 g/mol. The lowest BCUT2D eigenvalue weighted by atomic mass is 10.1. The van der Waals surface area contributed by atoms with Gasteiger partial charge in [-0.25, -0.2) is 0 Å². The van der Waals surface area contributed by atoms with E-state index in [9.17, 15) is 9.59 Å². The molecule has 0 bridgehead atoms. The highest BCUT2D eigenvalue weighted by Gasteiger charge is 2.28. The van der Waals surface area contributed by atoms with E-state index in [-0.39, 0.29) is 24.1 Å². The zero-order chi connectivity index (χ0) is 16.2. The highest BCUT2D eigenvalue weighted by atomic mass is 79.9. The fraction of sp³-hybridized carbons (Fsp3) is 0.312. The number of halogens is 1. The van der Waals surface area contributed by atoms with Crippen molar-refractivity contribution in [2.24, 2.45) is 0 Å². The fourth-order valence-electron chi connectivity index (χ4n) is 2.74. The number of nitrogens with one attached hydrogen (secondary N) is 1. The molecule has 3 heterocycles. The molecule has 6 nitrogen and oxygen atoms in total. The van der Waals surface area contributed by atoms with Crippen molar-refractivity contribution in [1.29, 1.82) is 0 Å². The van der Waals surface area contributed by atoms with E-state index in [4.69, 9.17) is 0 Å². The molecular formula is C16H17BrN4O2. The summed E-state index contributed by atoms with van der Waals surface area (Å²) >= 11 is 3.33. The predicted octanol–water partition coefficient (Wildman–Crippen LogP) is 1.18. The number of pyridine rings is 2. The number of carbonyl (C=O) groups is 1. The zero-order valence-electron chi connectivity index (χ0n) is 12.5. The van der Waals surface area contributed by atoms with Crippen molar-refractivity contribution in [2.45, 2.75) is 12.6 Å². The van der Waals surface area contributed by atoms with Crippen LogP contribution in [0.2, 0.25) is 0 Å². The molecule has 0 saturated carbocycles. The third kappa shape index (κ3) is 3.68. The first-order valence-corrected chi connectivity index (χ1v) is 8.20. The minimum Gasteiger partial charge on any atom is -0.331 e. The van der Waals surface area contributed by atoms with Crippen molar-refractivity contribution in [3.8, 4) is 0 Å². The molecule has 1 atom stereocenters. The van der Waals surface area contributed by atoms with Crippen LogP contribution in [-0.4, -0.2) is 40.0 Å². The van der Waals surface area contributed by atoms with Gasteiger partial charge in [-0.2, -0.15) is 0 Å². The lowest BCUT2D eigenvalue weighted by molar-refractivity contribution is -0.135. The molecule has 1 aliphatic rings. The molecule has 0 aliphatic carbocycles. The Kier molecular flexibility index (Phi) is 4.88. The van der Waals surface area contributed by atoms with Gasteiger partial charge in [0.25, 0.3) is 5.56 Å². The van der Waals surface area contributed by atoms with Gasteiger partial charge in [0.2, 0.25) is 5.91 Å². The molecule has 0 radical (unpaired) electrons. The Hall–Kier alpha value is -1.99. The highest BCUT2D eigenvalue weighted by molar-refractivity contribution is 9.10. The summed E-state index contributed by atoms with van der Waals surface area (Å²) in [5, 5.41) is 3.30. The summed E-state index contributed by atoms with van der Waals surface area (Å²) in [5.41, 5.74) is 0.809. The molecule has 1 unspecified atom stereocenters. The van der Waals surface area contributed by atoms with E-state index in [0.717, 1.165) is 16.6 Å². The van der Waals surface area contributed by atoms with Crippen molar-refractivity contribution >= 4 is 21.8 Å². The zero-order valence-corrected chi connectivity index (χ0v) is 14.1. The average molecular weight is 377 g/mol. The fourth-order valence-corrected chi connectivity index (χ4v) is 3.12. The topological polar surface area (TPSA) is 67.2 Å². The molecule has 0 aromatic carbocycles. The Morgan fingerprint density at radius 1 is 1.39 bits per heavy atom. The van der Waals surface area contributed by atoms with Crippen molar-refractivity contribution in [3.05, 3.63) is 63.2 Å². The van der Waals surface area contributed by atoms with Crippen LogP contribution in [0.5, 0.6) is 0 Å². The Labute approximate surface area is 142 Å². The number of hydrogen-bond acceptors (Lipinski definition) is 4. The van der Waals surface area contributed by atoms with Crippen molar-refractivity contribution in [2.75, 3.05) is 19.6 Å². The minimum absolute atomic E-state index is 0.0367. The second-order valence-electron chi connectivity index (χ2n) is 5.41. The van der Waals surface area contributed by atoms with E-state index < -0.39 is 0 Å². The molecule has 1 amide bonds. The van der Waals surface area contributed by atoms with Crippen LogP contribution < -0.4 is 10.9 Å². The molecule has 0 spiro atoms. The summed E-state index contributed by atoms with van der Waals surface area (Å²) in [7, 11) is 0. The SMILES string of the molecule is O=C(Cn1cc(Br)ccc1=O)N1CCNCC1c1cccnc1. The lowest BCUT2D eigenvalue weighted by Gasteiger charge is -2.36. The van der Waals surface area contributed by atoms with Crippen LogP contribution in [0.3, 0.4) is 0 Å². The number of amides is 1. The van der Waals surface area contributed by atoms with E-state index in [0.29, 0.717) is 13.1 Å². The van der Waals surface area contributed by atoms with E-state index in [1.54, 1.807) is 24.7 Å². The summed E-state index contributed by atoms with van der Waals surface area (Å²) in [6.07, 6.45) is 5.14. The largest absolute Gasteiger partial charge is 0.331 e. The van der Waals surface area contributed by atoms with Gasteiger partial charge in [-0.05, 0) is 33.6 Å². The van der Waals surface area contributed by atoms with Gasteiger partial charge in [-0.1, -0.05) is 6.07 Å². The normalized spacial score (nSPS) is 18.0. The van der Waals surface area contributed by atoms with Gasteiger partial charge in [0.05, 0.1) is 6.04 Å². The van der Waals surface area contributed by atoms with Crippen molar-refractivity contribution in [1.82, 2.24) is 19.8 Å². The lowest BCUT2D eigenvalue weighted by Crippen LogP contribution is -2.50. The first kappa shape index (κ1) is 15.9. The maximum Gasteiger partial charge on any atom is 0.251 e. The first-order chi connectivity index (χ1) is 11.1. The second kappa shape index (κ2) is 7.06. The standard InChI is InChI=1S/C16H17BrN4O2/c17-13-3-4-15(22)20(10-13)11-16(23)21-7-6-19-9-14(21)12-2-1-5-18-8-12/h1-5,8,10,14,19H,6-7,9,11H2. The Bertz CT molecular complexity index is 747. The van der Waals surface area contributed by atoms with Gasteiger partial charge >= 0.3 is 0 Å². The molecule has 120 valence electrons. The summed E-state index contributed by atoms with van der Waals surface area (Å²) in [5.74, 6) is -0.0689. The molecule has 1 aliphatic heterocycles. The summed E-state index contributed by atoms with van der Waals surface area (Å²) in [6, 6.07) is 6.90. The summed E-state index contributed by atoms with van der Waals surface area (Å²) in [4.78, 5) is 30.6. The van der Waals surface area contributed by atoms with Gasteiger partial charge < -0.3 is 14.8 Å². The first-order valence-electron chi connectivity index (χ1n) is 7.41. The maximum absolute atomic E-state index is 12.7. The number of rotatable bonds is 3. The van der Waals surface area contributed by atoms with Crippen LogP contribution in [-0.2, 0) is 11.3 Å². The smallest absolute Gasteiger partial charge is 0.251 e. The van der Waals surface area contributed by atoms with Crippen LogP contribution in [0.25, 0.3) is 0 Å². The van der Waals surface area contributed by atoms with Crippen LogP contribution in [0.15, 0.2) is 52.1 Å². The number of hydrogen-bond donors (Lipinski definition) is 1. The van der Waals surface area contributed by atoms with Crippen LogP contribution in [0.1, 0.15) is 11.6 Å². The van der Waals surface area contributed by atoms with Crippen molar-refractivity contribution < 1.29 is 4.79 Å². The number of aromatic nitrogens is 2. The van der Waals surface area contributed by atoms with E-state index >= 15 is 0 Å². The average Bonchev–Trinajstić information content (AvgIpc) is 2.59. The molecule has 2 aromatic rings. The molecule has 3 rings (SSSR count). The summed E-state index contributed by atoms with van der Waals surface area (Å²) in [6.45, 7) is 2.08. The molecule has 1 N–H and O–H groups in total. The Morgan fingerprint density at radius 3 is 3.04 bits per heavy atom. The van der Waals surface area contributed by atoms with Crippen LogP contribution in [0.4, 0.5) is 0 Å². The Balaban J connectivity index is 1.82. The summed E-state index contributed by atoms with van der Waals surface area (Å²) < 4.78 is 2.20. The Morgan fingerprint density at radius 2 is 2.26 bits per heavy atom. The van der Waals surface area contributed by atoms with Crippen LogP contribution in [0, 0.1) is 0 Å². The number of carbonyl (C=O) groups excluding carboxylic acids is 1. The third-order valence-corrected chi connectivity index (χ3v) is 4.35. The van der Waals surface area contributed by atoms with Crippen LogP contribution >= 0.6 is 15.9 Å². The predicted molar refractivity (Wildman–Crippen MR) is 90.0 cm³/mol. The van der Waals surface area contributed by atoms with Gasteiger partial charge in [-0.15, -0.1) is 0 Å². The molecular weight excluding hydrogens is 360 g/mol. The van der Waals surface area contributed by atoms with E-state index in [2.05, 4.69) is 26.2 Å². The molecule has 1 saturated heterocycles.